The van der Waals surface area contributed by atoms with Crippen molar-refractivity contribution in [1.82, 2.24) is 4.98 Å². The maximum Gasteiger partial charge on any atom is 0.309 e. The number of fused-ring (bicyclic) bond motifs is 8. The Bertz CT molecular complexity index is 1220. The maximum absolute atomic E-state index is 13.0. The Balaban J connectivity index is 1.41. The molecule has 1 heterocycles. The molecule has 222 valence electrons. The van der Waals surface area contributed by atoms with Crippen molar-refractivity contribution in [2.45, 2.75) is 119 Å². The molecule has 5 heteroatoms. The van der Waals surface area contributed by atoms with Gasteiger partial charge in [-0.15, -0.1) is 11.3 Å². The van der Waals surface area contributed by atoms with Gasteiger partial charge < -0.3 is 10.0 Å². The molecule has 4 saturated carbocycles. The van der Waals surface area contributed by atoms with Gasteiger partial charge in [0.2, 0.25) is 0 Å². The largest absolute Gasteiger partial charge is 0.481 e. The van der Waals surface area contributed by atoms with Crippen molar-refractivity contribution >= 4 is 22.4 Å². The molecule has 9 atom stereocenters. The molecular formula is C35H54N2O2S. The number of hydrogen-bond donors (Lipinski definition) is 1. The fraction of sp³-hybridized carbons (Fsp3) is 0.829. The zero-order valence-corrected chi connectivity index (χ0v) is 27.3. The summed E-state index contributed by atoms with van der Waals surface area (Å²) in [6.45, 7) is 26.0. The zero-order valence-electron chi connectivity index (χ0n) is 26.5. The first-order chi connectivity index (χ1) is 18.7. The first-order valence-electron chi connectivity index (χ1n) is 16.3. The van der Waals surface area contributed by atoms with Crippen molar-refractivity contribution in [3.05, 3.63) is 22.7 Å². The number of nitrogens with zero attached hydrogens (tertiary/aromatic N) is 2. The van der Waals surface area contributed by atoms with E-state index in [9.17, 15) is 9.90 Å². The minimum absolute atomic E-state index is 0.0743. The molecular weight excluding hydrogens is 512 g/mol. The van der Waals surface area contributed by atoms with Gasteiger partial charge in [-0.3, -0.25) is 4.79 Å². The molecule has 0 radical (unpaired) electrons. The number of rotatable bonds is 5. The van der Waals surface area contributed by atoms with E-state index in [-0.39, 0.29) is 27.6 Å². The van der Waals surface area contributed by atoms with Crippen molar-refractivity contribution in [1.29, 1.82) is 0 Å². The average molecular weight is 567 g/mol. The molecule has 0 aliphatic heterocycles. The fourth-order valence-electron chi connectivity index (χ4n) is 12.4. The third kappa shape index (κ3) is 3.42. The summed E-state index contributed by atoms with van der Waals surface area (Å²) < 4.78 is 0. The van der Waals surface area contributed by atoms with Gasteiger partial charge in [0.05, 0.1) is 11.1 Å². The number of aliphatic carboxylic acids is 1. The molecule has 4 fully saturated rings. The number of carbonyl (C=O) groups is 1. The number of carboxylic acids is 1. The van der Waals surface area contributed by atoms with Crippen LogP contribution >= 0.6 is 11.3 Å². The quantitative estimate of drug-likeness (QED) is 0.362. The summed E-state index contributed by atoms with van der Waals surface area (Å²) in [5.41, 5.74) is 2.79. The van der Waals surface area contributed by atoms with Crippen LogP contribution in [0.3, 0.4) is 0 Å². The highest BCUT2D eigenvalue weighted by molar-refractivity contribution is 7.15. The van der Waals surface area contributed by atoms with E-state index in [2.05, 4.69) is 66.9 Å². The van der Waals surface area contributed by atoms with Crippen LogP contribution in [0.4, 0.5) is 5.13 Å². The Labute approximate surface area is 247 Å². The second-order valence-corrected chi connectivity index (χ2v) is 17.0. The number of thiazole rings is 1. The Hall–Kier alpha value is -1.36. The zero-order chi connectivity index (χ0) is 29.0. The number of anilines is 1. The molecule has 0 bridgehead atoms. The van der Waals surface area contributed by atoms with Crippen molar-refractivity contribution in [2.75, 3.05) is 18.0 Å². The molecule has 1 aromatic rings. The van der Waals surface area contributed by atoms with Gasteiger partial charge in [0.25, 0.3) is 0 Å². The molecule has 0 spiro atoms. The van der Waals surface area contributed by atoms with Gasteiger partial charge in [-0.1, -0.05) is 46.8 Å². The molecule has 0 amide bonds. The summed E-state index contributed by atoms with van der Waals surface area (Å²) in [7, 11) is 0. The molecule has 4 nitrogen and oxygen atoms in total. The van der Waals surface area contributed by atoms with Gasteiger partial charge in [0, 0.05) is 23.4 Å². The van der Waals surface area contributed by atoms with Crippen molar-refractivity contribution in [2.24, 2.45) is 51.2 Å². The smallest absolute Gasteiger partial charge is 0.309 e. The third-order valence-corrected chi connectivity index (χ3v) is 15.6. The molecule has 0 saturated heterocycles. The lowest BCUT2D eigenvalue weighted by molar-refractivity contribution is -0.227. The molecule has 0 unspecified atom stereocenters. The van der Waals surface area contributed by atoms with E-state index in [4.69, 9.17) is 4.98 Å². The van der Waals surface area contributed by atoms with Gasteiger partial charge >= 0.3 is 5.97 Å². The van der Waals surface area contributed by atoms with E-state index in [1.165, 1.54) is 47.0 Å². The van der Waals surface area contributed by atoms with E-state index in [1.54, 1.807) is 0 Å². The van der Waals surface area contributed by atoms with Crippen LogP contribution in [0.5, 0.6) is 0 Å². The fourth-order valence-corrected chi connectivity index (χ4v) is 13.9. The van der Waals surface area contributed by atoms with Gasteiger partial charge in [-0.25, -0.2) is 4.98 Å². The van der Waals surface area contributed by atoms with E-state index in [1.807, 2.05) is 11.3 Å². The van der Waals surface area contributed by atoms with Crippen LogP contribution in [0.25, 0.3) is 0 Å². The van der Waals surface area contributed by atoms with E-state index < -0.39 is 11.4 Å². The molecule has 40 heavy (non-hydrogen) atoms. The van der Waals surface area contributed by atoms with Crippen LogP contribution in [-0.2, 0) is 16.6 Å². The lowest BCUT2D eigenvalue weighted by atomic mass is 9.32. The maximum atomic E-state index is 13.0. The van der Waals surface area contributed by atoms with Crippen LogP contribution in [0, 0.1) is 51.2 Å². The van der Waals surface area contributed by atoms with Gasteiger partial charge in [-0.2, -0.15) is 0 Å². The number of carboxylic acid groups (broad SMARTS) is 1. The second-order valence-electron chi connectivity index (χ2n) is 16.0. The Kier molecular flexibility index (Phi) is 6.52. The summed E-state index contributed by atoms with van der Waals surface area (Å²) in [6, 6.07) is 0. The minimum Gasteiger partial charge on any atom is -0.481 e. The highest BCUT2D eigenvalue weighted by atomic mass is 32.1. The molecule has 5 aliphatic rings. The van der Waals surface area contributed by atoms with Crippen LogP contribution in [0.2, 0.25) is 0 Å². The van der Waals surface area contributed by atoms with Crippen molar-refractivity contribution < 1.29 is 9.90 Å². The lowest BCUT2D eigenvalue weighted by Crippen LogP contribution is -2.66. The van der Waals surface area contributed by atoms with Crippen molar-refractivity contribution in [3.8, 4) is 0 Å². The molecule has 1 N–H and O–H groups in total. The summed E-state index contributed by atoms with van der Waals surface area (Å²) >= 11 is 1.97. The van der Waals surface area contributed by atoms with Crippen molar-refractivity contribution in [3.63, 3.8) is 0 Å². The molecule has 6 rings (SSSR count). The number of aromatic nitrogens is 1. The monoisotopic (exact) mass is 566 g/mol. The lowest BCUT2D eigenvalue weighted by Gasteiger charge is -2.72. The first-order valence-corrected chi connectivity index (χ1v) is 17.2. The van der Waals surface area contributed by atoms with Crippen LogP contribution in [0.1, 0.15) is 117 Å². The van der Waals surface area contributed by atoms with E-state index in [0.717, 1.165) is 45.2 Å². The number of hydrogen-bond acceptors (Lipinski definition) is 4. The SMILES string of the molecule is C=C(C)[C@@H]1CC[C@]2(C(=O)O)CC[C@]3(C)[C@H](CC[C@@H]4[C@@]5(C)Cc6sc(N(CC)CC)nc6C(C)(C)[C@@H]5CC[C@]43C)[C@@H]12. The van der Waals surface area contributed by atoms with Crippen LogP contribution in [0.15, 0.2) is 12.2 Å². The summed E-state index contributed by atoms with van der Waals surface area (Å²) in [5, 5.41) is 11.9. The van der Waals surface area contributed by atoms with Crippen LogP contribution < -0.4 is 4.90 Å². The molecule has 5 aliphatic carbocycles. The van der Waals surface area contributed by atoms with Gasteiger partial charge in [0.15, 0.2) is 5.13 Å². The summed E-state index contributed by atoms with van der Waals surface area (Å²) in [5.74, 6) is 1.86. The Morgan fingerprint density at radius 1 is 0.975 bits per heavy atom. The summed E-state index contributed by atoms with van der Waals surface area (Å²) in [4.78, 5) is 22.2. The standard InChI is InChI=1S/C35H54N2O2S/c1-10-37(11-2)30-36-28-24(40-30)20-32(7)25(31(28,5)6)15-16-34(9)26(32)13-12-23-27-22(21(3)4)14-17-35(27,29(38)39)19-18-33(23,34)8/h22-23,25-27H,3,10-20H2,1-2,4-9H3,(H,38,39)/t22-,23+,25-,26+,27+,32-,33+,34+,35-/m0/s1. The predicted octanol–water partition coefficient (Wildman–Crippen LogP) is 8.75. The second kappa shape index (κ2) is 9.07. The third-order valence-electron chi connectivity index (χ3n) is 14.5. The Morgan fingerprint density at radius 3 is 2.30 bits per heavy atom. The number of allylic oxidation sites excluding steroid dienone is 1. The normalized spacial score (nSPS) is 45.0. The highest BCUT2D eigenvalue weighted by Gasteiger charge is 2.72. The molecule has 1 aromatic heterocycles. The van der Waals surface area contributed by atoms with Gasteiger partial charge in [-0.05, 0) is 124 Å². The van der Waals surface area contributed by atoms with Gasteiger partial charge in [0.1, 0.15) is 0 Å². The first kappa shape index (κ1) is 28.7. The molecule has 0 aromatic carbocycles. The average Bonchev–Trinajstić information content (AvgIpc) is 3.48. The summed E-state index contributed by atoms with van der Waals surface area (Å²) in [6.07, 6.45) is 9.88. The minimum atomic E-state index is -0.538. The highest BCUT2D eigenvalue weighted by Crippen LogP contribution is 2.77. The van der Waals surface area contributed by atoms with E-state index in [0.29, 0.717) is 23.7 Å². The Morgan fingerprint density at radius 2 is 1.68 bits per heavy atom. The predicted molar refractivity (Wildman–Crippen MR) is 166 cm³/mol. The van der Waals surface area contributed by atoms with Crippen LogP contribution in [-0.4, -0.2) is 29.1 Å². The topological polar surface area (TPSA) is 53.4 Å². The van der Waals surface area contributed by atoms with E-state index >= 15 is 0 Å².